The summed E-state index contributed by atoms with van der Waals surface area (Å²) >= 11 is 0. The Bertz CT molecular complexity index is 208. The van der Waals surface area contributed by atoms with Crippen LogP contribution >= 0.6 is 0 Å². The molecule has 0 aliphatic heterocycles. The van der Waals surface area contributed by atoms with Crippen LogP contribution in [0, 0.1) is 0 Å². The van der Waals surface area contributed by atoms with Crippen molar-refractivity contribution in [3.05, 3.63) is 11.7 Å². The molecule has 0 amide bonds. The van der Waals surface area contributed by atoms with Gasteiger partial charge in [0.2, 0.25) is 5.89 Å². The highest BCUT2D eigenvalue weighted by molar-refractivity contribution is 4.93. The molecule has 0 fully saturated rings. The molecule has 2 atom stereocenters. The summed E-state index contributed by atoms with van der Waals surface area (Å²) in [5.74, 6) is 0.926. The van der Waals surface area contributed by atoms with Gasteiger partial charge in [-0.3, -0.25) is 0 Å². The number of nitrogens with zero attached hydrogens (tertiary/aromatic N) is 2. The number of rotatable bonds is 2. The summed E-state index contributed by atoms with van der Waals surface area (Å²) in [5.41, 5.74) is 11.0. The lowest BCUT2D eigenvalue weighted by molar-refractivity contribution is 0.355. The lowest BCUT2D eigenvalue weighted by atomic mass is 10.3. The minimum atomic E-state index is -0.227. The zero-order valence-electron chi connectivity index (χ0n) is 6.61. The van der Waals surface area contributed by atoms with Crippen LogP contribution in [-0.2, 0) is 0 Å². The average Bonchev–Trinajstić information content (AvgIpc) is 2.33. The van der Waals surface area contributed by atoms with E-state index in [0.717, 1.165) is 0 Å². The van der Waals surface area contributed by atoms with E-state index in [1.54, 1.807) is 13.8 Å². The molecule has 0 spiro atoms. The van der Waals surface area contributed by atoms with Crippen molar-refractivity contribution in [2.24, 2.45) is 11.5 Å². The standard InChI is InChI=1S/C6H12N4O/c1-3(7)5-9-6(4(2)8)11-10-5/h3-4H,7-8H2,1-2H3/t3?,4-/m0/s1. The van der Waals surface area contributed by atoms with Gasteiger partial charge in [-0.1, -0.05) is 5.16 Å². The third-order valence-corrected chi connectivity index (χ3v) is 1.25. The summed E-state index contributed by atoms with van der Waals surface area (Å²) in [5, 5.41) is 3.65. The highest BCUT2D eigenvalue weighted by Gasteiger charge is 2.11. The third kappa shape index (κ3) is 1.75. The van der Waals surface area contributed by atoms with E-state index in [4.69, 9.17) is 16.0 Å². The third-order valence-electron chi connectivity index (χ3n) is 1.25. The van der Waals surface area contributed by atoms with E-state index in [2.05, 4.69) is 10.1 Å². The number of aromatic nitrogens is 2. The molecule has 0 bridgehead atoms. The summed E-state index contributed by atoms with van der Waals surface area (Å²) in [4.78, 5) is 3.98. The van der Waals surface area contributed by atoms with Crippen LogP contribution in [0.15, 0.2) is 4.52 Å². The molecule has 4 N–H and O–H groups in total. The molecule has 0 aliphatic rings. The van der Waals surface area contributed by atoms with Gasteiger partial charge in [0.1, 0.15) is 0 Å². The van der Waals surface area contributed by atoms with Gasteiger partial charge in [0, 0.05) is 0 Å². The van der Waals surface area contributed by atoms with Gasteiger partial charge < -0.3 is 16.0 Å². The summed E-state index contributed by atoms with van der Waals surface area (Å²) in [6, 6.07) is -0.429. The van der Waals surface area contributed by atoms with Crippen LogP contribution in [0.4, 0.5) is 0 Å². The normalized spacial score (nSPS) is 16.4. The van der Waals surface area contributed by atoms with E-state index >= 15 is 0 Å². The molecule has 0 aromatic carbocycles. The quantitative estimate of drug-likeness (QED) is 0.634. The van der Waals surface area contributed by atoms with Crippen molar-refractivity contribution >= 4 is 0 Å². The van der Waals surface area contributed by atoms with Crippen molar-refractivity contribution in [2.75, 3.05) is 0 Å². The van der Waals surface area contributed by atoms with Crippen LogP contribution in [0.3, 0.4) is 0 Å². The molecule has 5 heteroatoms. The molecule has 62 valence electrons. The van der Waals surface area contributed by atoms with Gasteiger partial charge in [0.25, 0.3) is 0 Å². The molecule has 0 saturated heterocycles. The topological polar surface area (TPSA) is 91.0 Å². The molecule has 1 aromatic heterocycles. The lowest BCUT2D eigenvalue weighted by Crippen LogP contribution is -2.09. The molecule has 5 nitrogen and oxygen atoms in total. The van der Waals surface area contributed by atoms with Gasteiger partial charge in [-0.05, 0) is 13.8 Å². The highest BCUT2D eigenvalue weighted by Crippen LogP contribution is 2.09. The first-order valence-corrected chi connectivity index (χ1v) is 3.46. The maximum absolute atomic E-state index is 5.50. The lowest BCUT2D eigenvalue weighted by Gasteiger charge is -1.94. The van der Waals surface area contributed by atoms with Crippen molar-refractivity contribution < 1.29 is 4.52 Å². The Balaban J connectivity index is 2.82. The van der Waals surface area contributed by atoms with Crippen molar-refractivity contribution in [3.8, 4) is 0 Å². The highest BCUT2D eigenvalue weighted by atomic mass is 16.5. The monoisotopic (exact) mass is 156 g/mol. The van der Waals surface area contributed by atoms with Crippen LogP contribution in [0.1, 0.15) is 37.6 Å². The predicted molar refractivity (Wildman–Crippen MR) is 39.5 cm³/mol. The Morgan fingerprint density at radius 3 is 2.18 bits per heavy atom. The van der Waals surface area contributed by atoms with Crippen LogP contribution < -0.4 is 11.5 Å². The van der Waals surface area contributed by atoms with Crippen molar-refractivity contribution in [2.45, 2.75) is 25.9 Å². The van der Waals surface area contributed by atoms with E-state index < -0.39 is 0 Å². The molecule has 0 saturated carbocycles. The Morgan fingerprint density at radius 1 is 1.27 bits per heavy atom. The first-order valence-electron chi connectivity index (χ1n) is 3.46. The van der Waals surface area contributed by atoms with E-state index in [1.165, 1.54) is 0 Å². The fraction of sp³-hybridized carbons (Fsp3) is 0.667. The molecule has 1 heterocycles. The zero-order chi connectivity index (χ0) is 8.43. The number of nitrogens with two attached hydrogens (primary N) is 2. The van der Waals surface area contributed by atoms with Gasteiger partial charge >= 0.3 is 0 Å². The molecule has 0 aliphatic carbocycles. The Labute approximate surface area is 64.8 Å². The second-order valence-electron chi connectivity index (χ2n) is 2.57. The van der Waals surface area contributed by atoms with Gasteiger partial charge in [0.05, 0.1) is 12.1 Å². The molecule has 0 radical (unpaired) electrons. The van der Waals surface area contributed by atoms with E-state index in [1.807, 2.05) is 0 Å². The summed E-state index contributed by atoms with van der Waals surface area (Å²) in [6.45, 7) is 3.56. The molecule has 1 aromatic rings. The van der Waals surface area contributed by atoms with E-state index in [0.29, 0.717) is 11.7 Å². The molecule has 1 rings (SSSR count). The van der Waals surface area contributed by atoms with Gasteiger partial charge in [-0.15, -0.1) is 0 Å². The average molecular weight is 156 g/mol. The Morgan fingerprint density at radius 2 is 1.91 bits per heavy atom. The maximum atomic E-state index is 5.50. The van der Waals surface area contributed by atoms with Crippen LogP contribution in [0.5, 0.6) is 0 Å². The first kappa shape index (κ1) is 8.16. The van der Waals surface area contributed by atoms with Crippen molar-refractivity contribution in [1.29, 1.82) is 0 Å². The summed E-state index contributed by atoms with van der Waals surface area (Å²) in [7, 11) is 0. The summed E-state index contributed by atoms with van der Waals surface area (Å²) < 4.78 is 4.82. The fourth-order valence-corrected chi connectivity index (χ4v) is 0.617. The summed E-state index contributed by atoms with van der Waals surface area (Å²) in [6.07, 6.45) is 0. The second-order valence-corrected chi connectivity index (χ2v) is 2.57. The van der Waals surface area contributed by atoms with Gasteiger partial charge in [-0.2, -0.15) is 4.98 Å². The van der Waals surface area contributed by atoms with E-state index in [-0.39, 0.29) is 12.1 Å². The van der Waals surface area contributed by atoms with Gasteiger partial charge in [0.15, 0.2) is 5.82 Å². The minimum absolute atomic E-state index is 0.203. The first-order chi connectivity index (χ1) is 5.11. The Hall–Kier alpha value is -0.940. The van der Waals surface area contributed by atoms with E-state index in [9.17, 15) is 0 Å². The maximum Gasteiger partial charge on any atom is 0.243 e. The predicted octanol–water partition coefficient (Wildman–Crippen LogP) is 0.109. The second kappa shape index (κ2) is 2.98. The van der Waals surface area contributed by atoms with Crippen LogP contribution in [0.25, 0.3) is 0 Å². The number of hydrogen-bond donors (Lipinski definition) is 2. The SMILES string of the molecule is CC(N)c1noc([C@H](C)N)n1. The number of hydrogen-bond acceptors (Lipinski definition) is 5. The van der Waals surface area contributed by atoms with Crippen molar-refractivity contribution in [1.82, 2.24) is 10.1 Å². The largest absolute Gasteiger partial charge is 0.338 e. The minimum Gasteiger partial charge on any atom is -0.338 e. The fourth-order valence-electron chi connectivity index (χ4n) is 0.617. The Kier molecular flexibility index (Phi) is 2.21. The molecular weight excluding hydrogens is 144 g/mol. The smallest absolute Gasteiger partial charge is 0.243 e. The van der Waals surface area contributed by atoms with Crippen LogP contribution in [0.2, 0.25) is 0 Å². The van der Waals surface area contributed by atoms with Crippen LogP contribution in [-0.4, -0.2) is 10.1 Å². The molecule has 11 heavy (non-hydrogen) atoms. The zero-order valence-corrected chi connectivity index (χ0v) is 6.61. The van der Waals surface area contributed by atoms with Crippen molar-refractivity contribution in [3.63, 3.8) is 0 Å². The molecule has 1 unspecified atom stereocenters. The molecular formula is C6H12N4O. The van der Waals surface area contributed by atoms with Gasteiger partial charge in [-0.25, -0.2) is 0 Å².